The Kier molecular flexibility index (Phi) is 5.53. The van der Waals surface area contributed by atoms with E-state index in [2.05, 4.69) is 0 Å². The lowest BCUT2D eigenvalue weighted by Gasteiger charge is -2.40. The van der Waals surface area contributed by atoms with Gasteiger partial charge in [-0.2, -0.15) is 0 Å². The number of nitrogens with zero attached hydrogens (tertiary/aromatic N) is 2. The molecule has 1 aliphatic carbocycles. The van der Waals surface area contributed by atoms with E-state index >= 15 is 4.39 Å². The molecule has 2 aromatic carbocycles. The molecule has 1 saturated carbocycles. The first-order valence-electron chi connectivity index (χ1n) is 11.2. The molecule has 2 N–H and O–H groups in total. The van der Waals surface area contributed by atoms with Crippen LogP contribution in [0.4, 0.5) is 10.1 Å². The van der Waals surface area contributed by atoms with E-state index in [9.17, 15) is 19.8 Å². The minimum absolute atomic E-state index is 0.0143. The Hall–Kier alpha value is -3.10. The summed E-state index contributed by atoms with van der Waals surface area (Å²) >= 11 is 5.97. The lowest BCUT2D eigenvalue weighted by atomic mass is 9.84. The number of carboxylic acids is 1. The van der Waals surface area contributed by atoms with Crippen LogP contribution in [0.25, 0.3) is 10.9 Å². The van der Waals surface area contributed by atoms with E-state index in [1.807, 2.05) is 4.90 Å². The van der Waals surface area contributed by atoms with Crippen molar-refractivity contribution in [3.05, 3.63) is 68.7 Å². The number of methoxy groups -OCH3 is 1. The maximum atomic E-state index is 15.5. The van der Waals surface area contributed by atoms with Gasteiger partial charge in [0, 0.05) is 30.4 Å². The first-order valence-corrected chi connectivity index (χ1v) is 11.5. The lowest BCUT2D eigenvalue weighted by molar-refractivity contribution is 0.0116. The lowest BCUT2D eigenvalue weighted by Crippen LogP contribution is -2.43. The van der Waals surface area contributed by atoms with Gasteiger partial charge < -0.3 is 24.4 Å². The van der Waals surface area contributed by atoms with E-state index in [4.69, 9.17) is 16.3 Å². The van der Waals surface area contributed by atoms with Crippen LogP contribution in [-0.4, -0.2) is 40.9 Å². The third-order valence-corrected chi connectivity index (χ3v) is 7.11. The van der Waals surface area contributed by atoms with Crippen LogP contribution in [-0.2, 0) is 5.60 Å². The molecule has 2 aliphatic rings. The van der Waals surface area contributed by atoms with Crippen LogP contribution >= 0.6 is 11.6 Å². The number of aliphatic hydroxyl groups is 1. The zero-order valence-corrected chi connectivity index (χ0v) is 19.3. The summed E-state index contributed by atoms with van der Waals surface area (Å²) in [6, 6.07) is 8.20. The third kappa shape index (κ3) is 3.71. The highest BCUT2D eigenvalue weighted by Crippen LogP contribution is 2.45. The van der Waals surface area contributed by atoms with Crippen molar-refractivity contribution in [2.24, 2.45) is 0 Å². The Labute approximate surface area is 199 Å². The summed E-state index contributed by atoms with van der Waals surface area (Å²) in [7, 11) is 1.42. The molecule has 0 amide bonds. The molecule has 7 nitrogen and oxygen atoms in total. The molecule has 178 valence electrons. The largest absolute Gasteiger partial charge is 0.492 e. The number of aromatic carboxylic acids is 1. The van der Waals surface area contributed by atoms with Crippen molar-refractivity contribution in [2.45, 2.75) is 37.3 Å². The van der Waals surface area contributed by atoms with Crippen molar-refractivity contribution >= 4 is 34.2 Å². The summed E-state index contributed by atoms with van der Waals surface area (Å²) in [5, 5.41) is 21.3. The number of piperidine rings is 1. The van der Waals surface area contributed by atoms with Crippen molar-refractivity contribution in [2.75, 3.05) is 25.1 Å². The monoisotopic (exact) mass is 486 g/mol. The van der Waals surface area contributed by atoms with Crippen LogP contribution < -0.4 is 15.1 Å². The average Bonchev–Trinajstić information content (AvgIpc) is 3.65. The second-order valence-electron chi connectivity index (χ2n) is 8.98. The second-order valence-corrected chi connectivity index (χ2v) is 9.41. The van der Waals surface area contributed by atoms with Gasteiger partial charge in [-0.15, -0.1) is 0 Å². The number of aromatic nitrogens is 1. The molecule has 0 unspecified atom stereocenters. The van der Waals surface area contributed by atoms with E-state index in [-0.39, 0.29) is 28.4 Å². The van der Waals surface area contributed by atoms with Gasteiger partial charge in [0.2, 0.25) is 5.43 Å². The zero-order chi connectivity index (χ0) is 24.2. The Balaban J connectivity index is 1.58. The number of ether oxygens (including phenoxy) is 1. The molecule has 1 aromatic heterocycles. The van der Waals surface area contributed by atoms with Gasteiger partial charge in [-0.1, -0.05) is 23.7 Å². The Morgan fingerprint density at radius 3 is 2.41 bits per heavy atom. The molecule has 9 heteroatoms. The fourth-order valence-electron chi connectivity index (χ4n) is 4.87. The van der Waals surface area contributed by atoms with Crippen LogP contribution in [0.3, 0.4) is 0 Å². The summed E-state index contributed by atoms with van der Waals surface area (Å²) < 4.78 is 22.9. The highest BCUT2D eigenvalue weighted by atomic mass is 35.5. The molecule has 2 fully saturated rings. The van der Waals surface area contributed by atoms with Crippen LogP contribution in [0.2, 0.25) is 5.02 Å². The van der Waals surface area contributed by atoms with E-state index in [1.165, 1.54) is 13.3 Å². The van der Waals surface area contributed by atoms with Crippen molar-refractivity contribution in [1.82, 2.24) is 4.57 Å². The second kappa shape index (κ2) is 8.29. The topological polar surface area (TPSA) is 92.0 Å². The van der Waals surface area contributed by atoms with Gasteiger partial charge in [0.05, 0.1) is 23.6 Å². The highest BCUT2D eigenvalue weighted by Gasteiger charge is 2.37. The van der Waals surface area contributed by atoms with Gasteiger partial charge in [-0.3, -0.25) is 4.79 Å². The van der Waals surface area contributed by atoms with E-state index in [0.717, 1.165) is 24.5 Å². The molecular formula is C25H24ClFN2O5. The number of hydrogen-bond acceptors (Lipinski definition) is 5. The molecule has 0 bridgehead atoms. The zero-order valence-electron chi connectivity index (χ0n) is 18.6. The van der Waals surface area contributed by atoms with E-state index < -0.39 is 22.8 Å². The van der Waals surface area contributed by atoms with E-state index in [1.54, 1.807) is 28.8 Å². The molecule has 0 atom stereocenters. The van der Waals surface area contributed by atoms with Crippen LogP contribution in [0.15, 0.2) is 41.3 Å². The minimum Gasteiger partial charge on any atom is -0.492 e. The van der Waals surface area contributed by atoms with Crippen LogP contribution in [0.1, 0.15) is 47.6 Å². The Bertz CT molecular complexity index is 1340. The first kappa shape index (κ1) is 22.7. The smallest absolute Gasteiger partial charge is 0.341 e. The maximum Gasteiger partial charge on any atom is 0.341 e. The van der Waals surface area contributed by atoms with E-state index in [0.29, 0.717) is 36.5 Å². The number of benzene rings is 2. The number of carboxylic acid groups (broad SMARTS) is 1. The van der Waals surface area contributed by atoms with Gasteiger partial charge in [-0.05, 0) is 49.4 Å². The first-order chi connectivity index (χ1) is 16.2. The molecule has 0 radical (unpaired) electrons. The summed E-state index contributed by atoms with van der Waals surface area (Å²) in [5.74, 6) is -1.81. The highest BCUT2D eigenvalue weighted by molar-refractivity contribution is 6.30. The van der Waals surface area contributed by atoms with Crippen LogP contribution in [0.5, 0.6) is 5.75 Å². The van der Waals surface area contributed by atoms with Gasteiger partial charge in [0.25, 0.3) is 0 Å². The number of halogens is 2. The molecular weight excluding hydrogens is 463 g/mol. The molecule has 0 spiro atoms. The predicted octanol–water partition coefficient (Wildman–Crippen LogP) is 4.32. The number of anilines is 1. The van der Waals surface area contributed by atoms with Gasteiger partial charge in [-0.25, -0.2) is 9.18 Å². The summed E-state index contributed by atoms with van der Waals surface area (Å²) in [4.78, 5) is 26.3. The average molecular weight is 487 g/mol. The molecule has 1 aliphatic heterocycles. The standard InChI is InChI=1S/C25H24ClFN2O5/c1-34-23-20-17(22(30)18(24(31)32)13-29(20)16-6-7-16)12-19(27)21(23)28-10-8-25(33,9-11-28)14-2-4-15(26)5-3-14/h2-5,12-13,16,33H,6-11H2,1H3,(H,31,32). The number of pyridine rings is 1. The summed E-state index contributed by atoms with van der Waals surface area (Å²) in [5.41, 5.74) is -0.821. The number of rotatable bonds is 5. The number of carbonyl (C=O) groups is 1. The molecule has 34 heavy (non-hydrogen) atoms. The Morgan fingerprint density at radius 1 is 1.21 bits per heavy atom. The third-order valence-electron chi connectivity index (χ3n) is 6.86. The summed E-state index contributed by atoms with van der Waals surface area (Å²) in [6.45, 7) is 0.720. The number of fused-ring (bicyclic) bond motifs is 1. The van der Waals surface area contributed by atoms with Crippen molar-refractivity contribution in [3.63, 3.8) is 0 Å². The summed E-state index contributed by atoms with van der Waals surface area (Å²) in [6.07, 6.45) is 3.74. The van der Waals surface area contributed by atoms with Gasteiger partial charge in [0.1, 0.15) is 11.3 Å². The predicted molar refractivity (Wildman–Crippen MR) is 127 cm³/mol. The van der Waals surface area contributed by atoms with Gasteiger partial charge in [0.15, 0.2) is 11.6 Å². The SMILES string of the molecule is COc1c(N2CCC(O)(c3ccc(Cl)cc3)CC2)c(F)cc2c(=O)c(C(=O)O)cn(C3CC3)c12. The fraction of sp³-hybridized carbons (Fsp3) is 0.360. The van der Waals surface area contributed by atoms with Crippen molar-refractivity contribution in [1.29, 1.82) is 0 Å². The Morgan fingerprint density at radius 2 is 1.85 bits per heavy atom. The normalized spacial score (nSPS) is 17.7. The molecule has 2 heterocycles. The molecule has 5 rings (SSSR count). The number of hydrogen-bond donors (Lipinski definition) is 2. The minimum atomic E-state index is -1.35. The fourth-order valence-corrected chi connectivity index (χ4v) is 5.00. The van der Waals surface area contributed by atoms with Gasteiger partial charge >= 0.3 is 5.97 Å². The quantitative estimate of drug-likeness (QED) is 0.558. The molecule has 3 aromatic rings. The molecule has 1 saturated heterocycles. The van der Waals surface area contributed by atoms with Crippen molar-refractivity contribution < 1.29 is 24.1 Å². The maximum absolute atomic E-state index is 15.5. The van der Waals surface area contributed by atoms with Crippen LogP contribution in [0, 0.1) is 5.82 Å². The van der Waals surface area contributed by atoms with Crippen molar-refractivity contribution in [3.8, 4) is 5.75 Å².